The van der Waals surface area contributed by atoms with Crippen molar-refractivity contribution in [2.75, 3.05) is 48.4 Å². The molecule has 2 aromatic carbocycles. The number of nitrogens with zero attached hydrogens (tertiary/aromatic N) is 1. The van der Waals surface area contributed by atoms with Crippen LogP contribution in [0.15, 0.2) is 48.5 Å². The van der Waals surface area contributed by atoms with E-state index >= 15 is 0 Å². The number of rotatable bonds is 6. The molecule has 0 saturated carbocycles. The lowest BCUT2D eigenvalue weighted by Gasteiger charge is -2.31. The number of hydrogen-bond acceptors (Lipinski definition) is 5. The maximum absolute atomic E-state index is 12.3. The summed E-state index contributed by atoms with van der Waals surface area (Å²) in [7, 11) is 0. The Balaban J connectivity index is 1.72. The third kappa shape index (κ3) is 5.46. The number of morpholine rings is 1. The Morgan fingerprint density at radius 2 is 1.81 bits per heavy atom. The maximum Gasteiger partial charge on any atom is 0.262 e. The quantitative estimate of drug-likeness (QED) is 0.818. The zero-order valence-electron chi connectivity index (χ0n) is 15.2. The molecular weight excluding hydrogens is 346 g/mol. The molecule has 0 spiro atoms. The van der Waals surface area contributed by atoms with Crippen molar-refractivity contribution < 1.29 is 19.1 Å². The summed E-state index contributed by atoms with van der Waals surface area (Å²) in [5, 5.41) is 5.68. The van der Waals surface area contributed by atoms with Gasteiger partial charge in [-0.1, -0.05) is 18.2 Å². The third-order valence-electron chi connectivity index (χ3n) is 4.06. The van der Waals surface area contributed by atoms with Crippen molar-refractivity contribution in [3.63, 3.8) is 0 Å². The summed E-state index contributed by atoms with van der Waals surface area (Å²) in [6.45, 7) is 4.05. The standard InChI is InChI=1S/C20H23N3O4/c1-15(24)21-16-7-8-18(19(13-16)23-9-11-26-12-10-23)22-20(25)14-27-17-5-3-2-4-6-17/h2-8,13H,9-12,14H2,1H3,(H,21,24)(H,22,25). The molecule has 27 heavy (non-hydrogen) atoms. The van der Waals surface area contributed by atoms with E-state index in [1.807, 2.05) is 24.3 Å². The van der Waals surface area contributed by atoms with E-state index in [4.69, 9.17) is 9.47 Å². The number of para-hydroxylation sites is 1. The van der Waals surface area contributed by atoms with Crippen LogP contribution < -0.4 is 20.3 Å². The number of anilines is 3. The van der Waals surface area contributed by atoms with Crippen LogP contribution in [-0.2, 0) is 14.3 Å². The van der Waals surface area contributed by atoms with Gasteiger partial charge in [-0.15, -0.1) is 0 Å². The number of nitrogens with one attached hydrogen (secondary N) is 2. The summed E-state index contributed by atoms with van der Waals surface area (Å²) >= 11 is 0. The van der Waals surface area contributed by atoms with Gasteiger partial charge in [0, 0.05) is 25.7 Å². The highest BCUT2D eigenvalue weighted by Gasteiger charge is 2.17. The molecule has 0 aromatic heterocycles. The molecule has 7 nitrogen and oxygen atoms in total. The molecule has 142 valence electrons. The number of ether oxygens (including phenoxy) is 2. The van der Waals surface area contributed by atoms with Crippen LogP contribution in [0.4, 0.5) is 17.1 Å². The van der Waals surface area contributed by atoms with Gasteiger partial charge in [-0.2, -0.15) is 0 Å². The fourth-order valence-electron chi connectivity index (χ4n) is 2.84. The molecule has 1 aliphatic heterocycles. The molecule has 7 heteroatoms. The van der Waals surface area contributed by atoms with E-state index in [2.05, 4.69) is 15.5 Å². The van der Waals surface area contributed by atoms with Gasteiger partial charge in [0.15, 0.2) is 6.61 Å². The Bertz CT molecular complexity index is 789. The Kier molecular flexibility index (Phi) is 6.27. The van der Waals surface area contributed by atoms with E-state index in [1.54, 1.807) is 24.3 Å². The van der Waals surface area contributed by atoms with Crippen LogP contribution in [0.1, 0.15) is 6.92 Å². The van der Waals surface area contributed by atoms with E-state index in [-0.39, 0.29) is 18.4 Å². The fraction of sp³-hybridized carbons (Fsp3) is 0.300. The number of carbonyl (C=O) groups is 2. The molecular formula is C20H23N3O4. The molecule has 2 aromatic rings. The molecule has 3 rings (SSSR count). The number of benzene rings is 2. The monoisotopic (exact) mass is 369 g/mol. The lowest BCUT2D eigenvalue weighted by molar-refractivity contribution is -0.118. The van der Waals surface area contributed by atoms with Crippen molar-refractivity contribution >= 4 is 28.9 Å². The first-order chi connectivity index (χ1) is 13.1. The van der Waals surface area contributed by atoms with Gasteiger partial charge in [-0.25, -0.2) is 0 Å². The summed E-state index contributed by atoms with van der Waals surface area (Å²) in [5.74, 6) is 0.249. The predicted molar refractivity (Wildman–Crippen MR) is 104 cm³/mol. The van der Waals surface area contributed by atoms with Crippen molar-refractivity contribution in [1.29, 1.82) is 0 Å². The topological polar surface area (TPSA) is 79.9 Å². The van der Waals surface area contributed by atoms with Gasteiger partial charge in [0.25, 0.3) is 5.91 Å². The minimum Gasteiger partial charge on any atom is -0.484 e. The number of carbonyl (C=O) groups excluding carboxylic acids is 2. The van der Waals surface area contributed by atoms with Gasteiger partial charge in [-0.3, -0.25) is 9.59 Å². The summed E-state index contributed by atoms with van der Waals surface area (Å²) < 4.78 is 10.9. The highest BCUT2D eigenvalue weighted by molar-refractivity contribution is 5.97. The smallest absolute Gasteiger partial charge is 0.262 e. The first kappa shape index (κ1) is 18.7. The van der Waals surface area contributed by atoms with Crippen LogP contribution in [0.25, 0.3) is 0 Å². The van der Waals surface area contributed by atoms with Crippen LogP contribution in [0, 0.1) is 0 Å². The largest absolute Gasteiger partial charge is 0.484 e. The molecule has 1 heterocycles. The van der Waals surface area contributed by atoms with E-state index in [1.165, 1.54) is 6.92 Å². The number of hydrogen-bond donors (Lipinski definition) is 2. The van der Waals surface area contributed by atoms with Crippen LogP contribution in [0.3, 0.4) is 0 Å². The maximum atomic E-state index is 12.3. The Hall–Kier alpha value is -3.06. The zero-order valence-corrected chi connectivity index (χ0v) is 15.2. The highest BCUT2D eigenvalue weighted by Crippen LogP contribution is 2.30. The predicted octanol–water partition coefficient (Wildman–Crippen LogP) is 2.50. The van der Waals surface area contributed by atoms with Gasteiger partial charge in [-0.05, 0) is 30.3 Å². The Morgan fingerprint density at radius 1 is 1.07 bits per heavy atom. The number of amides is 2. The summed E-state index contributed by atoms with van der Waals surface area (Å²) in [4.78, 5) is 25.8. The fourth-order valence-corrected chi connectivity index (χ4v) is 2.84. The van der Waals surface area contributed by atoms with Crippen molar-refractivity contribution in [2.24, 2.45) is 0 Å². The minimum absolute atomic E-state index is 0.0833. The zero-order chi connectivity index (χ0) is 19.1. The van der Waals surface area contributed by atoms with E-state index in [0.29, 0.717) is 43.4 Å². The molecule has 1 fully saturated rings. The summed E-state index contributed by atoms with van der Waals surface area (Å²) in [6.07, 6.45) is 0. The van der Waals surface area contributed by atoms with E-state index < -0.39 is 0 Å². The minimum atomic E-state index is -0.249. The first-order valence-corrected chi connectivity index (χ1v) is 8.84. The molecule has 2 N–H and O–H groups in total. The molecule has 0 unspecified atom stereocenters. The highest BCUT2D eigenvalue weighted by atomic mass is 16.5. The summed E-state index contributed by atoms with van der Waals surface area (Å²) in [5.41, 5.74) is 2.20. The normalized spacial score (nSPS) is 13.7. The van der Waals surface area contributed by atoms with Crippen LogP contribution in [-0.4, -0.2) is 44.7 Å². The molecule has 0 radical (unpaired) electrons. The van der Waals surface area contributed by atoms with Crippen molar-refractivity contribution in [1.82, 2.24) is 0 Å². The average Bonchev–Trinajstić information content (AvgIpc) is 2.68. The van der Waals surface area contributed by atoms with Crippen molar-refractivity contribution in [2.45, 2.75) is 6.92 Å². The molecule has 1 aliphatic rings. The average molecular weight is 369 g/mol. The van der Waals surface area contributed by atoms with E-state index in [9.17, 15) is 9.59 Å². The molecule has 0 bridgehead atoms. The van der Waals surface area contributed by atoms with Crippen molar-refractivity contribution in [3.8, 4) is 5.75 Å². The van der Waals surface area contributed by atoms with E-state index in [0.717, 1.165) is 5.69 Å². The van der Waals surface area contributed by atoms with Crippen LogP contribution >= 0.6 is 0 Å². The molecule has 2 amide bonds. The molecule has 1 saturated heterocycles. The second-order valence-corrected chi connectivity index (χ2v) is 6.16. The lowest BCUT2D eigenvalue weighted by Crippen LogP contribution is -2.37. The SMILES string of the molecule is CC(=O)Nc1ccc(NC(=O)COc2ccccc2)c(N2CCOCC2)c1. The van der Waals surface area contributed by atoms with Gasteiger partial charge in [0.05, 0.1) is 24.6 Å². The van der Waals surface area contributed by atoms with Gasteiger partial charge in [0.2, 0.25) is 5.91 Å². The first-order valence-electron chi connectivity index (χ1n) is 8.84. The second-order valence-electron chi connectivity index (χ2n) is 6.16. The Labute approximate surface area is 158 Å². The molecule has 0 aliphatic carbocycles. The van der Waals surface area contributed by atoms with Crippen molar-refractivity contribution in [3.05, 3.63) is 48.5 Å². The van der Waals surface area contributed by atoms with Gasteiger partial charge in [0.1, 0.15) is 5.75 Å². The van der Waals surface area contributed by atoms with Crippen LogP contribution in [0.5, 0.6) is 5.75 Å². The second kappa shape index (κ2) is 9.05. The van der Waals surface area contributed by atoms with Gasteiger partial charge >= 0.3 is 0 Å². The summed E-state index contributed by atoms with van der Waals surface area (Å²) in [6, 6.07) is 14.6. The Morgan fingerprint density at radius 3 is 2.52 bits per heavy atom. The third-order valence-corrected chi connectivity index (χ3v) is 4.06. The lowest BCUT2D eigenvalue weighted by atomic mass is 10.2. The molecule has 0 atom stereocenters. The van der Waals surface area contributed by atoms with Gasteiger partial charge < -0.3 is 25.0 Å². The van der Waals surface area contributed by atoms with Crippen LogP contribution in [0.2, 0.25) is 0 Å².